The molecule has 0 radical (unpaired) electrons. The van der Waals surface area contributed by atoms with E-state index in [4.69, 9.17) is 4.74 Å². The second kappa shape index (κ2) is 7.79. The van der Waals surface area contributed by atoms with Gasteiger partial charge in [-0.2, -0.15) is 0 Å². The molecule has 2 N–H and O–H groups in total. The van der Waals surface area contributed by atoms with E-state index < -0.39 is 5.82 Å². The van der Waals surface area contributed by atoms with E-state index in [0.29, 0.717) is 13.2 Å². The molecule has 0 unspecified atom stereocenters. The van der Waals surface area contributed by atoms with Gasteiger partial charge in [-0.3, -0.25) is 4.79 Å². The van der Waals surface area contributed by atoms with Crippen LogP contribution < -0.4 is 15.5 Å². The van der Waals surface area contributed by atoms with E-state index in [1.807, 2.05) is 24.3 Å². The predicted molar refractivity (Wildman–Crippen MR) is 93.0 cm³/mol. The molecule has 0 spiro atoms. The molecular weight excluding hydrogens is 309 g/mol. The van der Waals surface area contributed by atoms with Gasteiger partial charge in [0.05, 0.1) is 36.8 Å². The number of carbonyl (C=O) groups excluding carboxylic acids is 1. The minimum Gasteiger partial charge on any atom is -0.378 e. The van der Waals surface area contributed by atoms with Gasteiger partial charge in [-0.1, -0.05) is 24.3 Å². The highest BCUT2D eigenvalue weighted by Crippen LogP contribution is 2.26. The number of ether oxygens (including phenoxy) is 1. The maximum atomic E-state index is 13.6. The Morgan fingerprint density at radius 3 is 2.46 bits per heavy atom. The molecule has 1 saturated heterocycles. The average Bonchev–Trinajstić information content (AvgIpc) is 2.63. The molecule has 6 heteroatoms. The predicted octanol–water partition coefficient (Wildman–Crippen LogP) is 2.71. The number of para-hydroxylation sites is 3. The average molecular weight is 329 g/mol. The van der Waals surface area contributed by atoms with Crippen molar-refractivity contribution in [3.8, 4) is 0 Å². The van der Waals surface area contributed by atoms with Crippen molar-refractivity contribution in [2.75, 3.05) is 48.4 Å². The maximum Gasteiger partial charge on any atom is 0.243 e. The van der Waals surface area contributed by atoms with Crippen molar-refractivity contribution in [1.82, 2.24) is 0 Å². The highest BCUT2D eigenvalue weighted by Gasteiger charge is 2.15. The van der Waals surface area contributed by atoms with Crippen LogP contribution in [0.15, 0.2) is 48.5 Å². The number of amides is 1. The molecule has 0 atom stereocenters. The fraction of sp³-hybridized carbons (Fsp3) is 0.278. The second-order valence-electron chi connectivity index (χ2n) is 5.50. The van der Waals surface area contributed by atoms with E-state index >= 15 is 0 Å². The van der Waals surface area contributed by atoms with Gasteiger partial charge in [-0.25, -0.2) is 4.39 Å². The number of morpholine rings is 1. The lowest BCUT2D eigenvalue weighted by Crippen LogP contribution is -2.36. The number of carbonyl (C=O) groups is 1. The Morgan fingerprint density at radius 1 is 1.04 bits per heavy atom. The largest absolute Gasteiger partial charge is 0.378 e. The number of rotatable bonds is 5. The zero-order valence-electron chi connectivity index (χ0n) is 13.3. The van der Waals surface area contributed by atoms with Gasteiger partial charge < -0.3 is 20.3 Å². The lowest BCUT2D eigenvalue weighted by molar-refractivity contribution is -0.114. The van der Waals surface area contributed by atoms with Gasteiger partial charge >= 0.3 is 0 Å². The van der Waals surface area contributed by atoms with Gasteiger partial charge in [-0.15, -0.1) is 0 Å². The molecule has 1 aliphatic heterocycles. The number of halogens is 1. The summed E-state index contributed by atoms with van der Waals surface area (Å²) in [4.78, 5) is 14.3. The van der Waals surface area contributed by atoms with Crippen LogP contribution in [0.1, 0.15) is 0 Å². The van der Waals surface area contributed by atoms with Gasteiger partial charge in [0, 0.05) is 13.1 Å². The Bertz CT molecular complexity index is 702. The van der Waals surface area contributed by atoms with E-state index in [9.17, 15) is 9.18 Å². The molecule has 5 nitrogen and oxygen atoms in total. The van der Waals surface area contributed by atoms with Gasteiger partial charge in [0.15, 0.2) is 0 Å². The fourth-order valence-corrected chi connectivity index (χ4v) is 2.64. The van der Waals surface area contributed by atoms with E-state index in [0.717, 1.165) is 24.5 Å². The molecule has 1 fully saturated rings. The van der Waals surface area contributed by atoms with Crippen LogP contribution >= 0.6 is 0 Å². The molecule has 1 amide bonds. The summed E-state index contributed by atoms with van der Waals surface area (Å²) < 4.78 is 18.9. The van der Waals surface area contributed by atoms with Crippen LogP contribution in [0.2, 0.25) is 0 Å². The monoisotopic (exact) mass is 329 g/mol. The third kappa shape index (κ3) is 4.02. The molecule has 24 heavy (non-hydrogen) atoms. The Morgan fingerprint density at radius 2 is 1.71 bits per heavy atom. The first-order valence-corrected chi connectivity index (χ1v) is 7.94. The molecule has 0 bridgehead atoms. The third-order valence-electron chi connectivity index (χ3n) is 3.84. The zero-order chi connectivity index (χ0) is 16.8. The van der Waals surface area contributed by atoms with Crippen molar-refractivity contribution in [3.63, 3.8) is 0 Å². The number of benzene rings is 2. The van der Waals surface area contributed by atoms with Gasteiger partial charge in [0.2, 0.25) is 5.91 Å². The van der Waals surface area contributed by atoms with E-state index in [2.05, 4.69) is 15.5 Å². The van der Waals surface area contributed by atoms with Crippen LogP contribution in [0.25, 0.3) is 0 Å². The Balaban J connectivity index is 1.62. The van der Waals surface area contributed by atoms with Crippen LogP contribution in [0, 0.1) is 5.82 Å². The van der Waals surface area contributed by atoms with Crippen molar-refractivity contribution in [3.05, 3.63) is 54.3 Å². The van der Waals surface area contributed by atoms with E-state index in [1.165, 1.54) is 12.1 Å². The number of hydrogen-bond donors (Lipinski definition) is 2. The molecule has 2 aromatic carbocycles. The van der Waals surface area contributed by atoms with Crippen molar-refractivity contribution in [2.24, 2.45) is 0 Å². The lowest BCUT2D eigenvalue weighted by Gasteiger charge is -2.30. The van der Waals surface area contributed by atoms with Gasteiger partial charge in [0.25, 0.3) is 0 Å². The Kier molecular flexibility index (Phi) is 5.28. The summed E-state index contributed by atoms with van der Waals surface area (Å²) >= 11 is 0. The van der Waals surface area contributed by atoms with Crippen molar-refractivity contribution in [1.29, 1.82) is 0 Å². The summed E-state index contributed by atoms with van der Waals surface area (Å²) in [5, 5.41) is 5.70. The summed E-state index contributed by atoms with van der Waals surface area (Å²) in [5.41, 5.74) is 2.10. The Hall–Kier alpha value is -2.60. The smallest absolute Gasteiger partial charge is 0.243 e. The lowest BCUT2D eigenvalue weighted by atomic mass is 10.2. The summed E-state index contributed by atoms with van der Waals surface area (Å²) in [6.07, 6.45) is 0. The molecule has 0 aromatic heterocycles. The van der Waals surface area contributed by atoms with Crippen LogP contribution in [0.5, 0.6) is 0 Å². The number of anilines is 3. The highest BCUT2D eigenvalue weighted by molar-refractivity contribution is 5.94. The minimum absolute atomic E-state index is 0.0652. The van der Waals surface area contributed by atoms with Crippen molar-refractivity contribution < 1.29 is 13.9 Å². The minimum atomic E-state index is -0.445. The zero-order valence-corrected chi connectivity index (χ0v) is 13.3. The van der Waals surface area contributed by atoms with Crippen LogP contribution in [0.4, 0.5) is 21.5 Å². The second-order valence-corrected chi connectivity index (χ2v) is 5.50. The summed E-state index contributed by atoms with van der Waals surface area (Å²) in [6, 6.07) is 14.0. The van der Waals surface area contributed by atoms with Crippen molar-refractivity contribution >= 4 is 23.0 Å². The molecular formula is C18H20FN3O2. The van der Waals surface area contributed by atoms with Crippen LogP contribution in [-0.4, -0.2) is 38.8 Å². The van der Waals surface area contributed by atoms with Gasteiger partial charge in [0.1, 0.15) is 5.82 Å². The molecule has 0 saturated carbocycles. The van der Waals surface area contributed by atoms with Crippen LogP contribution in [-0.2, 0) is 9.53 Å². The summed E-state index contributed by atoms with van der Waals surface area (Å²) in [7, 11) is 0. The number of nitrogens with zero attached hydrogens (tertiary/aromatic N) is 1. The van der Waals surface area contributed by atoms with E-state index in [1.54, 1.807) is 12.1 Å². The summed E-state index contributed by atoms with van der Waals surface area (Å²) in [5.74, 6) is -0.739. The quantitative estimate of drug-likeness (QED) is 0.886. The molecule has 2 aromatic rings. The Labute approximate surface area is 140 Å². The third-order valence-corrected chi connectivity index (χ3v) is 3.84. The normalized spacial score (nSPS) is 14.3. The van der Waals surface area contributed by atoms with Crippen molar-refractivity contribution in [2.45, 2.75) is 0 Å². The molecule has 126 valence electrons. The maximum absolute atomic E-state index is 13.6. The standard InChI is InChI=1S/C18H20FN3O2/c19-14-5-1-2-6-15(14)21-18(23)13-20-16-7-3-4-8-17(16)22-9-11-24-12-10-22/h1-8,20H,9-13H2,(H,21,23). The molecule has 0 aliphatic carbocycles. The topological polar surface area (TPSA) is 53.6 Å². The fourth-order valence-electron chi connectivity index (χ4n) is 2.64. The molecule has 3 rings (SSSR count). The van der Waals surface area contributed by atoms with Crippen LogP contribution in [0.3, 0.4) is 0 Å². The van der Waals surface area contributed by atoms with E-state index in [-0.39, 0.29) is 18.1 Å². The molecule has 1 heterocycles. The first-order chi connectivity index (χ1) is 11.7. The number of hydrogen-bond acceptors (Lipinski definition) is 4. The first kappa shape index (κ1) is 16.3. The molecule has 1 aliphatic rings. The summed E-state index contributed by atoms with van der Waals surface area (Å²) in [6.45, 7) is 3.10. The highest BCUT2D eigenvalue weighted by atomic mass is 19.1. The number of nitrogens with one attached hydrogen (secondary N) is 2. The van der Waals surface area contributed by atoms with Gasteiger partial charge in [-0.05, 0) is 24.3 Å². The SMILES string of the molecule is O=C(CNc1ccccc1N1CCOCC1)Nc1ccccc1F. The first-order valence-electron chi connectivity index (χ1n) is 7.94.